The van der Waals surface area contributed by atoms with Gasteiger partial charge in [0.1, 0.15) is 5.75 Å². The Kier molecular flexibility index (Phi) is 5.91. The Bertz CT molecular complexity index is 835. The van der Waals surface area contributed by atoms with Gasteiger partial charge in [-0.25, -0.2) is 4.79 Å². The number of halogens is 4. The first-order valence-electron chi connectivity index (χ1n) is 7.31. The number of rotatable bonds is 5. The van der Waals surface area contributed by atoms with Crippen molar-refractivity contribution in [2.24, 2.45) is 0 Å². The lowest BCUT2D eigenvalue weighted by Gasteiger charge is -2.16. The summed E-state index contributed by atoms with van der Waals surface area (Å²) in [6.45, 7) is 1.58. The quantitative estimate of drug-likeness (QED) is 0.711. The summed E-state index contributed by atoms with van der Waals surface area (Å²) in [6.07, 6.45) is -4.70. The van der Waals surface area contributed by atoms with E-state index in [9.17, 15) is 22.8 Å². The van der Waals surface area contributed by atoms with Gasteiger partial charge in [0.15, 0.2) is 0 Å². The van der Waals surface area contributed by atoms with Gasteiger partial charge in [-0.05, 0) is 59.3 Å². The Hall–Kier alpha value is -2.55. The smallest absolute Gasteiger partial charge is 0.420 e. The number of hydrogen-bond donors (Lipinski definition) is 2. The third-order valence-corrected chi connectivity index (χ3v) is 3.88. The minimum atomic E-state index is -4.70. The number of carbonyl (C=O) groups excluding carboxylic acids is 1. The highest BCUT2D eigenvalue weighted by Gasteiger charge is 2.36. The highest BCUT2D eigenvalue weighted by Crippen LogP contribution is 2.41. The molecule has 0 radical (unpaired) electrons. The Morgan fingerprint density at radius 2 is 1.77 bits per heavy atom. The molecule has 0 saturated heterocycles. The second-order valence-corrected chi connectivity index (χ2v) is 5.96. The molecule has 0 aliphatic heterocycles. The van der Waals surface area contributed by atoms with Crippen LogP contribution in [0.1, 0.15) is 33.2 Å². The largest absolute Gasteiger partial charge is 0.492 e. The Morgan fingerprint density at radius 1 is 1.15 bits per heavy atom. The minimum absolute atomic E-state index is 0.000509. The van der Waals surface area contributed by atoms with Crippen LogP contribution in [0.15, 0.2) is 40.9 Å². The molecule has 2 N–H and O–H groups in total. The highest BCUT2D eigenvalue weighted by molar-refractivity contribution is 9.10. The van der Waals surface area contributed by atoms with Crippen molar-refractivity contribution in [3.63, 3.8) is 0 Å². The van der Waals surface area contributed by atoms with Crippen LogP contribution >= 0.6 is 15.9 Å². The van der Waals surface area contributed by atoms with E-state index in [1.165, 1.54) is 30.3 Å². The molecule has 0 aliphatic rings. The molecule has 2 aromatic rings. The van der Waals surface area contributed by atoms with Gasteiger partial charge in [-0.15, -0.1) is 0 Å². The molecule has 5 nitrogen and oxygen atoms in total. The molecule has 0 spiro atoms. The average molecular weight is 432 g/mol. The molecule has 0 atom stereocenters. The number of amides is 1. The summed E-state index contributed by atoms with van der Waals surface area (Å²) in [7, 11) is 0. The molecular formula is C17H13BrF3NO4. The van der Waals surface area contributed by atoms with Crippen LogP contribution in [0.4, 0.5) is 18.9 Å². The Balaban J connectivity index is 2.34. The summed E-state index contributed by atoms with van der Waals surface area (Å²) in [6, 6.07) is 7.16. The summed E-state index contributed by atoms with van der Waals surface area (Å²) in [4.78, 5) is 23.1. The fourth-order valence-electron chi connectivity index (χ4n) is 2.13. The van der Waals surface area contributed by atoms with E-state index >= 15 is 0 Å². The van der Waals surface area contributed by atoms with E-state index in [1.54, 1.807) is 6.92 Å². The number of carbonyl (C=O) groups is 2. The maximum atomic E-state index is 13.3. The number of ether oxygens (including phenoxy) is 1. The highest BCUT2D eigenvalue weighted by atomic mass is 79.9. The number of nitrogens with one attached hydrogen (secondary N) is 1. The van der Waals surface area contributed by atoms with Crippen molar-refractivity contribution in [1.82, 2.24) is 0 Å². The molecule has 138 valence electrons. The summed E-state index contributed by atoms with van der Waals surface area (Å²) >= 11 is 3.00. The fraction of sp³-hybridized carbons (Fsp3) is 0.176. The topological polar surface area (TPSA) is 75.6 Å². The first-order valence-corrected chi connectivity index (χ1v) is 8.11. The maximum absolute atomic E-state index is 13.3. The van der Waals surface area contributed by atoms with Gasteiger partial charge in [-0.1, -0.05) is 0 Å². The number of carboxylic acids is 1. The number of benzene rings is 2. The van der Waals surface area contributed by atoms with Crippen molar-refractivity contribution in [3.8, 4) is 5.75 Å². The SMILES string of the molecule is CCOc1c(Br)cc(C(=O)Nc2ccc(C(=O)O)cc2)cc1C(F)(F)F. The number of carboxylic acid groups (broad SMARTS) is 1. The summed E-state index contributed by atoms with van der Waals surface area (Å²) < 4.78 is 44.8. The molecule has 0 heterocycles. The first kappa shape index (κ1) is 19.8. The van der Waals surface area contributed by atoms with E-state index in [4.69, 9.17) is 9.84 Å². The molecule has 2 rings (SSSR count). The lowest BCUT2D eigenvalue weighted by Crippen LogP contribution is -2.16. The number of anilines is 1. The normalized spacial score (nSPS) is 11.1. The van der Waals surface area contributed by atoms with Gasteiger partial charge in [0, 0.05) is 11.3 Å². The molecular weight excluding hydrogens is 419 g/mol. The predicted molar refractivity (Wildman–Crippen MR) is 91.7 cm³/mol. The Morgan fingerprint density at radius 3 is 2.27 bits per heavy atom. The average Bonchev–Trinajstić information content (AvgIpc) is 2.56. The van der Waals surface area contributed by atoms with Crippen LogP contribution in [0.3, 0.4) is 0 Å². The molecule has 0 bridgehead atoms. The van der Waals surface area contributed by atoms with Crippen molar-refractivity contribution < 1.29 is 32.6 Å². The van der Waals surface area contributed by atoms with E-state index < -0.39 is 23.6 Å². The molecule has 0 aromatic heterocycles. The van der Waals surface area contributed by atoms with E-state index in [0.717, 1.165) is 0 Å². The van der Waals surface area contributed by atoms with E-state index in [-0.39, 0.29) is 33.6 Å². The van der Waals surface area contributed by atoms with Gasteiger partial charge in [0.05, 0.1) is 22.2 Å². The van der Waals surface area contributed by atoms with E-state index in [2.05, 4.69) is 21.2 Å². The van der Waals surface area contributed by atoms with Crippen LogP contribution in [0, 0.1) is 0 Å². The second-order valence-electron chi connectivity index (χ2n) is 5.10. The van der Waals surface area contributed by atoms with Crippen LogP contribution in [0.2, 0.25) is 0 Å². The van der Waals surface area contributed by atoms with Gasteiger partial charge in [-0.2, -0.15) is 13.2 Å². The summed E-state index contributed by atoms with van der Waals surface area (Å²) in [5, 5.41) is 11.3. The zero-order chi connectivity index (χ0) is 19.5. The Labute approximate surface area is 154 Å². The zero-order valence-electron chi connectivity index (χ0n) is 13.4. The van der Waals surface area contributed by atoms with Gasteiger partial charge in [-0.3, -0.25) is 4.79 Å². The van der Waals surface area contributed by atoms with Crippen LogP contribution in [-0.2, 0) is 6.18 Å². The molecule has 0 fully saturated rings. The van der Waals surface area contributed by atoms with Gasteiger partial charge in [0.2, 0.25) is 0 Å². The maximum Gasteiger partial charge on any atom is 0.420 e. The third-order valence-electron chi connectivity index (χ3n) is 3.29. The standard InChI is InChI=1S/C17H13BrF3NO4/c1-2-26-14-12(17(19,20)21)7-10(8-13(14)18)15(23)22-11-5-3-9(4-6-11)16(24)25/h3-8H,2H2,1H3,(H,22,23)(H,24,25). The molecule has 9 heteroatoms. The number of aromatic carboxylic acids is 1. The first-order chi connectivity index (χ1) is 12.1. The molecule has 2 aromatic carbocycles. The zero-order valence-corrected chi connectivity index (χ0v) is 14.9. The van der Waals surface area contributed by atoms with Crippen molar-refractivity contribution in [2.75, 3.05) is 11.9 Å². The van der Waals surface area contributed by atoms with Crippen molar-refractivity contribution in [3.05, 3.63) is 57.6 Å². The molecule has 0 saturated carbocycles. The molecule has 0 aliphatic carbocycles. The van der Waals surface area contributed by atoms with Crippen LogP contribution < -0.4 is 10.1 Å². The molecule has 0 unspecified atom stereocenters. The number of alkyl halides is 3. The fourth-order valence-corrected chi connectivity index (χ4v) is 2.70. The van der Waals surface area contributed by atoms with Crippen molar-refractivity contribution in [1.29, 1.82) is 0 Å². The lowest BCUT2D eigenvalue weighted by atomic mass is 10.1. The van der Waals surface area contributed by atoms with Crippen LogP contribution in [0.5, 0.6) is 5.75 Å². The van der Waals surface area contributed by atoms with Crippen LogP contribution in [0.25, 0.3) is 0 Å². The molecule has 1 amide bonds. The van der Waals surface area contributed by atoms with Crippen LogP contribution in [-0.4, -0.2) is 23.6 Å². The summed E-state index contributed by atoms with van der Waals surface area (Å²) in [5.41, 5.74) is -1.03. The van der Waals surface area contributed by atoms with E-state index in [1.807, 2.05) is 0 Å². The van der Waals surface area contributed by atoms with Crippen molar-refractivity contribution >= 4 is 33.5 Å². The third kappa shape index (κ3) is 4.54. The number of hydrogen-bond acceptors (Lipinski definition) is 3. The predicted octanol–water partition coefficient (Wildman–Crippen LogP) is 4.82. The summed E-state index contributed by atoms with van der Waals surface area (Å²) in [5.74, 6) is -2.29. The van der Waals surface area contributed by atoms with Crippen molar-refractivity contribution in [2.45, 2.75) is 13.1 Å². The molecule has 26 heavy (non-hydrogen) atoms. The van der Waals surface area contributed by atoms with Gasteiger partial charge < -0.3 is 15.2 Å². The monoisotopic (exact) mass is 431 g/mol. The van der Waals surface area contributed by atoms with Gasteiger partial charge in [0.25, 0.3) is 5.91 Å². The lowest BCUT2D eigenvalue weighted by molar-refractivity contribution is -0.139. The van der Waals surface area contributed by atoms with Gasteiger partial charge >= 0.3 is 12.1 Å². The second kappa shape index (κ2) is 7.77. The minimum Gasteiger partial charge on any atom is -0.492 e. The van der Waals surface area contributed by atoms with E-state index in [0.29, 0.717) is 6.07 Å².